The second-order valence-electron chi connectivity index (χ2n) is 5.19. The molecule has 1 N–H and O–H groups in total. The molecule has 0 radical (unpaired) electrons. The largest absolute Gasteiger partial charge is 0.352 e. The van der Waals surface area contributed by atoms with Gasteiger partial charge in [-0.3, -0.25) is 4.79 Å². The van der Waals surface area contributed by atoms with Gasteiger partial charge in [-0.15, -0.1) is 0 Å². The first-order valence-electron chi connectivity index (χ1n) is 6.82. The van der Waals surface area contributed by atoms with Crippen LogP contribution in [0.15, 0.2) is 54.6 Å². The molecule has 0 aliphatic carbocycles. The Morgan fingerprint density at radius 1 is 1.05 bits per heavy atom. The fourth-order valence-electron chi connectivity index (χ4n) is 2.85. The summed E-state index contributed by atoms with van der Waals surface area (Å²) in [6, 6.07) is 18.1. The lowest BCUT2D eigenvalue weighted by atomic mass is 9.88. The highest BCUT2D eigenvalue weighted by molar-refractivity contribution is 6.31. The van der Waals surface area contributed by atoms with Crippen LogP contribution in [0, 0.1) is 0 Å². The van der Waals surface area contributed by atoms with Crippen molar-refractivity contribution in [2.24, 2.45) is 0 Å². The molecule has 0 bridgehead atoms. The van der Waals surface area contributed by atoms with Gasteiger partial charge in [0, 0.05) is 23.4 Å². The maximum absolute atomic E-state index is 11.8. The smallest absolute Gasteiger partial charge is 0.220 e. The van der Waals surface area contributed by atoms with Gasteiger partial charge in [0.05, 0.1) is 0 Å². The van der Waals surface area contributed by atoms with Gasteiger partial charge in [0.2, 0.25) is 5.91 Å². The fourth-order valence-corrected chi connectivity index (χ4v) is 3.07. The standard InChI is InChI=1S/C17H16ClNO/c18-15-9-5-4-8-13(15)10-16-14(11-17(20)19-16)12-6-2-1-3-7-12/h1-9,14,16H,10-11H2,(H,19,20)/t14-,16-/m1/s1. The van der Waals surface area contributed by atoms with E-state index in [2.05, 4.69) is 17.4 Å². The second-order valence-corrected chi connectivity index (χ2v) is 5.60. The van der Waals surface area contributed by atoms with Gasteiger partial charge in [0.25, 0.3) is 0 Å². The topological polar surface area (TPSA) is 29.1 Å². The quantitative estimate of drug-likeness (QED) is 0.918. The molecule has 3 rings (SSSR count). The molecule has 0 aromatic heterocycles. The summed E-state index contributed by atoms with van der Waals surface area (Å²) in [5, 5.41) is 3.84. The van der Waals surface area contributed by atoms with Gasteiger partial charge in [-0.25, -0.2) is 0 Å². The molecule has 1 aliphatic rings. The summed E-state index contributed by atoms with van der Waals surface area (Å²) < 4.78 is 0. The summed E-state index contributed by atoms with van der Waals surface area (Å²) in [6.07, 6.45) is 1.32. The van der Waals surface area contributed by atoms with Crippen LogP contribution in [0.25, 0.3) is 0 Å². The third-order valence-electron chi connectivity index (χ3n) is 3.86. The van der Waals surface area contributed by atoms with E-state index in [9.17, 15) is 4.79 Å². The van der Waals surface area contributed by atoms with Gasteiger partial charge < -0.3 is 5.32 Å². The summed E-state index contributed by atoms with van der Waals surface area (Å²) in [5.41, 5.74) is 2.30. The van der Waals surface area contributed by atoms with Gasteiger partial charge >= 0.3 is 0 Å². The molecule has 0 unspecified atom stereocenters. The summed E-state index contributed by atoms with van der Waals surface area (Å²) in [5.74, 6) is 0.343. The van der Waals surface area contributed by atoms with E-state index in [4.69, 9.17) is 11.6 Å². The Kier molecular flexibility index (Phi) is 3.75. The number of amides is 1. The van der Waals surface area contributed by atoms with Crippen LogP contribution in [0.2, 0.25) is 5.02 Å². The lowest BCUT2D eigenvalue weighted by Gasteiger charge is -2.19. The van der Waals surface area contributed by atoms with E-state index in [1.165, 1.54) is 5.56 Å². The van der Waals surface area contributed by atoms with Crippen molar-refractivity contribution in [3.63, 3.8) is 0 Å². The zero-order valence-electron chi connectivity index (χ0n) is 11.1. The Morgan fingerprint density at radius 2 is 1.75 bits per heavy atom. The van der Waals surface area contributed by atoms with Crippen LogP contribution in [0.5, 0.6) is 0 Å². The Balaban J connectivity index is 1.84. The van der Waals surface area contributed by atoms with E-state index >= 15 is 0 Å². The van der Waals surface area contributed by atoms with Crippen LogP contribution >= 0.6 is 11.6 Å². The minimum absolute atomic E-state index is 0.116. The van der Waals surface area contributed by atoms with E-state index in [0.29, 0.717) is 6.42 Å². The number of benzene rings is 2. The van der Waals surface area contributed by atoms with Crippen LogP contribution in [0.4, 0.5) is 0 Å². The third kappa shape index (κ3) is 2.70. The fraction of sp³-hybridized carbons (Fsp3) is 0.235. The first-order valence-corrected chi connectivity index (χ1v) is 7.19. The van der Waals surface area contributed by atoms with Crippen molar-refractivity contribution in [3.8, 4) is 0 Å². The SMILES string of the molecule is O=C1C[C@H](c2ccccc2)[C@@H](Cc2ccccc2Cl)N1. The molecule has 1 heterocycles. The number of hydrogen-bond acceptors (Lipinski definition) is 1. The Labute approximate surface area is 123 Å². The molecular formula is C17H16ClNO. The van der Waals surface area contributed by atoms with Crippen molar-refractivity contribution in [2.75, 3.05) is 0 Å². The molecule has 2 atom stereocenters. The maximum atomic E-state index is 11.8. The minimum Gasteiger partial charge on any atom is -0.352 e. The van der Waals surface area contributed by atoms with Crippen molar-refractivity contribution in [1.29, 1.82) is 0 Å². The molecule has 0 spiro atoms. The highest BCUT2D eigenvalue weighted by atomic mass is 35.5. The molecule has 20 heavy (non-hydrogen) atoms. The zero-order valence-corrected chi connectivity index (χ0v) is 11.8. The van der Waals surface area contributed by atoms with Gasteiger partial charge in [-0.2, -0.15) is 0 Å². The molecule has 0 saturated carbocycles. The Bertz CT molecular complexity index is 611. The summed E-state index contributed by atoms with van der Waals surface area (Å²) >= 11 is 6.22. The molecule has 1 fully saturated rings. The van der Waals surface area contributed by atoms with Crippen LogP contribution in [0.1, 0.15) is 23.5 Å². The van der Waals surface area contributed by atoms with Crippen molar-refractivity contribution >= 4 is 17.5 Å². The van der Waals surface area contributed by atoms with Gasteiger partial charge in [0.1, 0.15) is 0 Å². The van der Waals surface area contributed by atoms with E-state index < -0.39 is 0 Å². The van der Waals surface area contributed by atoms with Crippen LogP contribution < -0.4 is 5.32 Å². The van der Waals surface area contributed by atoms with E-state index in [1.807, 2.05) is 42.5 Å². The molecule has 1 aliphatic heterocycles. The van der Waals surface area contributed by atoms with Crippen LogP contribution in [-0.2, 0) is 11.2 Å². The molecule has 2 nitrogen and oxygen atoms in total. The number of hydrogen-bond donors (Lipinski definition) is 1. The molecule has 2 aromatic rings. The van der Waals surface area contributed by atoms with Gasteiger partial charge in [-0.05, 0) is 23.6 Å². The Morgan fingerprint density at radius 3 is 2.50 bits per heavy atom. The summed E-state index contributed by atoms with van der Waals surface area (Å²) in [7, 11) is 0. The molecule has 1 saturated heterocycles. The lowest BCUT2D eigenvalue weighted by molar-refractivity contribution is -0.119. The molecule has 3 heteroatoms. The highest BCUT2D eigenvalue weighted by Gasteiger charge is 2.33. The first kappa shape index (κ1) is 13.2. The monoisotopic (exact) mass is 285 g/mol. The average Bonchev–Trinajstić information content (AvgIpc) is 2.83. The van der Waals surface area contributed by atoms with Crippen molar-refractivity contribution in [2.45, 2.75) is 24.8 Å². The predicted molar refractivity (Wildman–Crippen MR) is 80.9 cm³/mol. The number of carbonyl (C=O) groups is 1. The third-order valence-corrected chi connectivity index (χ3v) is 4.23. The lowest BCUT2D eigenvalue weighted by Crippen LogP contribution is -2.30. The normalized spacial score (nSPS) is 21.8. The van der Waals surface area contributed by atoms with Crippen molar-refractivity contribution < 1.29 is 4.79 Å². The van der Waals surface area contributed by atoms with Crippen LogP contribution in [-0.4, -0.2) is 11.9 Å². The summed E-state index contributed by atoms with van der Waals surface area (Å²) in [4.78, 5) is 11.8. The highest BCUT2D eigenvalue weighted by Crippen LogP contribution is 2.31. The molecule has 1 amide bonds. The van der Waals surface area contributed by atoms with Gasteiger partial charge in [0.15, 0.2) is 0 Å². The number of nitrogens with one attached hydrogen (secondary N) is 1. The van der Waals surface area contributed by atoms with E-state index in [-0.39, 0.29) is 17.9 Å². The average molecular weight is 286 g/mol. The van der Waals surface area contributed by atoms with E-state index in [0.717, 1.165) is 17.0 Å². The first-order chi connectivity index (χ1) is 9.74. The zero-order chi connectivity index (χ0) is 13.9. The van der Waals surface area contributed by atoms with Gasteiger partial charge in [-0.1, -0.05) is 60.1 Å². The van der Waals surface area contributed by atoms with Crippen molar-refractivity contribution in [1.82, 2.24) is 5.32 Å². The molecule has 102 valence electrons. The van der Waals surface area contributed by atoms with Crippen LogP contribution in [0.3, 0.4) is 0 Å². The number of carbonyl (C=O) groups excluding carboxylic acids is 1. The number of halogens is 1. The summed E-state index contributed by atoms with van der Waals surface area (Å²) in [6.45, 7) is 0. The second kappa shape index (κ2) is 5.68. The van der Waals surface area contributed by atoms with E-state index in [1.54, 1.807) is 0 Å². The number of rotatable bonds is 3. The maximum Gasteiger partial charge on any atom is 0.220 e. The Hall–Kier alpha value is -1.80. The van der Waals surface area contributed by atoms with Crippen molar-refractivity contribution in [3.05, 3.63) is 70.7 Å². The molecule has 2 aromatic carbocycles. The predicted octanol–water partition coefficient (Wildman–Crippen LogP) is 3.55. The minimum atomic E-state index is 0.116. The molecular weight excluding hydrogens is 270 g/mol.